The lowest BCUT2D eigenvalue weighted by Gasteiger charge is -2.26. The van der Waals surface area contributed by atoms with E-state index >= 15 is 0 Å². The van der Waals surface area contributed by atoms with Crippen LogP contribution < -0.4 is 30.3 Å². The lowest BCUT2D eigenvalue weighted by molar-refractivity contribution is 0.0398. The average molecular weight is 470 g/mol. The Morgan fingerprint density at radius 1 is 1.06 bits per heavy atom. The number of fused-ring (bicyclic) bond motifs is 3. The number of hydrogen-bond donors (Lipinski definition) is 2. The summed E-state index contributed by atoms with van der Waals surface area (Å²) in [6.45, 7) is 4.95. The van der Waals surface area contributed by atoms with Crippen LogP contribution in [0.3, 0.4) is 0 Å². The van der Waals surface area contributed by atoms with Gasteiger partial charge in [0.2, 0.25) is 11.2 Å². The molecule has 1 aliphatic carbocycles. The molecule has 2 N–H and O–H groups in total. The molecule has 0 bridgehead atoms. The average Bonchev–Trinajstić information content (AvgIpc) is 3.11. The van der Waals surface area contributed by atoms with E-state index in [0.717, 1.165) is 67.9 Å². The van der Waals surface area contributed by atoms with Crippen LogP contribution in [0, 0.1) is 0 Å². The molecule has 0 spiro atoms. The lowest BCUT2D eigenvalue weighted by atomic mass is 9.95. The Kier molecular flexibility index (Phi) is 7.92. The molecular formula is C26H35N3O5. The van der Waals surface area contributed by atoms with Gasteiger partial charge in [-0.2, -0.15) is 0 Å². The van der Waals surface area contributed by atoms with E-state index in [0.29, 0.717) is 29.5 Å². The molecule has 1 fully saturated rings. The molecule has 8 nitrogen and oxygen atoms in total. The molecule has 2 aromatic rings. The Labute approximate surface area is 201 Å². The van der Waals surface area contributed by atoms with Crippen molar-refractivity contribution in [3.63, 3.8) is 0 Å². The minimum atomic E-state index is -0.0219. The van der Waals surface area contributed by atoms with Gasteiger partial charge >= 0.3 is 0 Å². The summed E-state index contributed by atoms with van der Waals surface area (Å²) in [6, 6.07) is 7.73. The fourth-order valence-corrected chi connectivity index (χ4v) is 4.93. The third-order valence-corrected chi connectivity index (χ3v) is 6.73. The molecule has 34 heavy (non-hydrogen) atoms. The van der Waals surface area contributed by atoms with Crippen molar-refractivity contribution in [3.05, 3.63) is 45.6 Å². The molecule has 0 aromatic heterocycles. The highest BCUT2D eigenvalue weighted by molar-refractivity contribution is 5.83. The molecule has 2 aliphatic rings. The Morgan fingerprint density at radius 3 is 2.50 bits per heavy atom. The predicted molar refractivity (Wildman–Crippen MR) is 134 cm³/mol. The van der Waals surface area contributed by atoms with Crippen LogP contribution in [0.5, 0.6) is 17.2 Å². The van der Waals surface area contributed by atoms with Gasteiger partial charge in [0, 0.05) is 37.8 Å². The first-order valence-electron chi connectivity index (χ1n) is 11.8. The van der Waals surface area contributed by atoms with Crippen molar-refractivity contribution in [2.24, 2.45) is 0 Å². The van der Waals surface area contributed by atoms with Gasteiger partial charge in [-0.25, -0.2) is 0 Å². The maximum absolute atomic E-state index is 13.2. The maximum Gasteiger partial charge on any atom is 0.203 e. The maximum atomic E-state index is 13.2. The van der Waals surface area contributed by atoms with Crippen LogP contribution in [-0.2, 0) is 11.2 Å². The number of anilines is 1. The lowest BCUT2D eigenvalue weighted by Crippen LogP contribution is -2.39. The van der Waals surface area contributed by atoms with E-state index < -0.39 is 0 Å². The normalized spacial score (nSPS) is 17.8. The highest BCUT2D eigenvalue weighted by atomic mass is 16.5. The van der Waals surface area contributed by atoms with Crippen molar-refractivity contribution >= 4 is 5.69 Å². The largest absolute Gasteiger partial charge is 0.493 e. The first-order chi connectivity index (χ1) is 16.6. The summed E-state index contributed by atoms with van der Waals surface area (Å²) in [4.78, 5) is 15.6. The molecule has 0 unspecified atom stereocenters. The summed E-state index contributed by atoms with van der Waals surface area (Å²) < 4.78 is 22.5. The van der Waals surface area contributed by atoms with E-state index in [1.54, 1.807) is 27.4 Å². The number of ether oxygens (including phenoxy) is 4. The summed E-state index contributed by atoms with van der Waals surface area (Å²) in [6.07, 6.45) is 1.66. The van der Waals surface area contributed by atoms with Gasteiger partial charge in [-0.3, -0.25) is 9.69 Å². The zero-order valence-corrected chi connectivity index (χ0v) is 20.5. The van der Waals surface area contributed by atoms with Crippen LogP contribution in [0.1, 0.15) is 23.6 Å². The number of benzene rings is 1. The summed E-state index contributed by atoms with van der Waals surface area (Å²) in [5.41, 5.74) is 4.54. The van der Waals surface area contributed by atoms with Gasteiger partial charge in [0.1, 0.15) is 0 Å². The summed E-state index contributed by atoms with van der Waals surface area (Å²) >= 11 is 0. The first kappa shape index (κ1) is 24.3. The molecule has 1 aliphatic heterocycles. The van der Waals surface area contributed by atoms with Crippen LogP contribution >= 0.6 is 0 Å². The zero-order valence-electron chi connectivity index (χ0n) is 20.5. The van der Waals surface area contributed by atoms with Crippen molar-refractivity contribution in [1.82, 2.24) is 10.2 Å². The Bertz CT molecular complexity index is 1070. The fraction of sp³-hybridized carbons (Fsp3) is 0.500. The van der Waals surface area contributed by atoms with Gasteiger partial charge in [-0.05, 0) is 54.8 Å². The summed E-state index contributed by atoms with van der Waals surface area (Å²) in [5, 5.41) is 6.75. The minimum Gasteiger partial charge on any atom is -0.493 e. The number of nitrogens with zero attached hydrogens (tertiary/aromatic N) is 1. The quantitative estimate of drug-likeness (QED) is 0.611. The first-order valence-corrected chi connectivity index (χ1v) is 11.8. The van der Waals surface area contributed by atoms with Crippen LogP contribution in [0.15, 0.2) is 29.1 Å². The molecule has 4 rings (SSSR count). The summed E-state index contributed by atoms with van der Waals surface area (Å²) in [7, 11) is 6.81. The fourth-order valence-electron chi connectivity index (χ4n) is 4.93. The number of methoxy groups -OCH3 is 3. The van der Waals surface area contributed by atoms with Crippen LogP contribution in [0.2, 0.25) is 0 Å². The van der Waals surface area contributed by atoms with E-state index in [1.165, 1.54) is 0 Å². The number of rotatable bonds is 8. The second kappa shape index (κ2) is 11.1. The van der Waals surface area contributed by atoms with Gasteiger partial charge < -0.3 is 29.6 Å². The van der Waals surface area contributed by atoms with E-state index in [1.807, 2.05) is 25.2 Å². The van der Waals surface area contributed by atoms with E-state index in [2.05, 4.69) is 15.5 Å². The van der Waals surface area contributed by atoms with Crippen molar-refractivity contribution in [2.75, 3.05) is 73.1 Å². The molecule has 2 aromatic carbocycles. The standard InChI is InChI=1S/C26H35N3O5/c1-27-20-7-5-17-15-23(31-2)25(32-3)26(33-4)24(17)18-6-8-21(22(30)16-19(18)20)28-9-10-29-11-13-34-14-12-29/h6,8,15-16,20,27H,5,7,9-14H2,1-4H3,(H,28,30)/t20-/m0/s1. The SMILES string of the molecule is CN[C@H]1CCc2cc(OC)c(OC)c(OC)c2-c2ccc(NCCN3CCOCC3)c(=O)cc21. The van der Waals surface area contributed by atoms with E-state index in [4.69, 9.17) is 18.9 Å². The minimum absolute atomic E-state index is 0.0219. The van der Waals surface area contributed by atoms with Crippen molar-refractivity contribution < 1.29 is 18.9 Å². The number of aryl methyl sites for hydroxylation is 1. The molecule has 1 saturated heterocycles. The Morgan fingerprint density at radius 2 is 1.82 bits per heavy atom. The van der Waals surface area contributed by atoms with Gasteiger partial charge in [0.05, 0.1) is 40.2 Å². The Hall–Kier alpha value is -2.81. The van der Waals surface area contributed by atoms with Crippen molar-refractivity contribution in [2.45, 2.75) is 18.9 Å². The molecular weight excluding hydrogens is 434 g/mol. The molecule has 0 radical (unpaired) electrons. The van der Waals surface area contributed by atoms with Crippen LogP contribution in [-0.4, -0.2) is 72.7 Å². The van der Waals surface area contributed by atoms with E-state index in [9.17, 15) is 4.79 Å². The van der Waals surface area contributed by atoms with Gasteiger partial charge in [0.25, 0.3) is 0 Å². The third-order valence-electron chi connectivity index (χ3n) is 6.73. The van der Waals surface area contributed by atoms with Gasteiger partial charge in [0.15, 0.2) is 11.5 Å². The topological polar surface area (TPSA) is 81.3 Å². The molecule has 184 valence electrons. The molecule has 1 atom stereocenters. The van der Waals surface area contributed by atoms with Crippen LogP contribution in [0.4, 0.5) is 5.69 Å². The monoisotopic (exact) mass is 469 g/mol. The summed E-state index contributed by atoms with van der Waals surface area (Å²) in [5.74, 6) is 1.81. The van der Waals surface area contributed by atoms with Crippen molar-refractivity contribution in [1.29, 1.82) is 0 Å². The second-order valence-electron chi connectivity index (χ2n) is 8.56. The molecule has 1 heterocycles. The van der Waals surface area contributed by atoms with Gasteiger partial charge in [-0.1, -0.05) is 6.07 Å². The highest BCUT2D eigenvalue weighted by Crippen LogP contribution is 2.50. The molecule has 8 heteroatoms. The molecule has 0 amide bonds. The number of hydrogen-bond acceptors (Lipinski definition) is 8. The van der Waals surface area contributed by atoms with E-state index in [-0.39, 0.29) is 11.5 Å². The number of morpholine rings is 1. The van der Waals surface area contributed by atoms with Crippen LogP contribution in [0.25, 0.3) is 11.1 Å². The van der Waals surface area contributed by atoms with Gasteiger partial charge in [-0.15, -0.1) is 0 Å². The third kappa shape index (κ3) is 4.85. The predicted octanol–water partition coefficient (Wildman–Crippen LogP) is 2.69. The Balaban J connectivity index is 1.76. The number of nitrogens with one attached hydrogen (secondary N) is 2. The second-order valence-corrected chi connectivity index (χ2v) is 8.56. The van der Waals surface area contributed by atoms with Crippen molar-refractivity contribution in [3.8, 4) is 28.4 Å². The smallest absolute Gasteiger partial charge is 0.203 e. The molecule has 0 saturated carbocycles. The highest BCUT2D eigenvalue weighted by Gasteiger charge is 2.28. The zero-order chi connectivity index (χ0) is 24.1.